The molecule has 30 heavy (non-hydrogen) atoms. The first-order chi connectivity index (χ1) is 14.5. The number of rotatable bonds is 7. The summed E-state index contributed by atoms with van der Waals surface area (Å²) in [6, 6.07) is 14.9. The minimum absolute atomic E-state index is 0.123. The number of methoxy groups -OCH3 is 2. The van der Waals surface area contributed by atoms with Crippen LogP contribution >= 0.6 is 11.8 Å². The van der Waals surface area contributed by atoms with E-state index in [0.29, 0.717) is 29.8 Å². The average molecular weight is 428 g/mol. The van der Waals surface area contributed by atoms with Gasteiger partial charge in [-0.05, 0) is 36.8 Å². The van der Waals surface area contributed by atoms with Gasteiger partial charge in [0.2, 0.25) is 11.8 Å². The molecule has 0 saturated carbocycles. The van der Waals surface area contributed by atoms with Gasteiger partial charge in [-0.3, -0.25) is 14.5 Å². The molecule has 1 saturated heterocycles. The summed E-state index contributed by atoms with van der Waals surface area (Å²) >= 11 is 1.31. The predicted molar refractivity (Wildman–Crippen MR) is 118 cm³/mol. The van der Waals surface area contributed by atoms with Gasteiger partial charge in [-0.15, -0.1) is 0 Å². The molecular formula is C22H25N3O4S. The van der Waals surface area contributed by atoms with Crippen molar-refractivity contribution in [1.29, 1.82) is 0 Å². The molecule has 8 heteroatoms. The van der Waals surface area contributed by atoms with E-state index in [2.05, 4.69) is 10.3 Å². The molecule has 1 aliphatic rings. The van der Waals surface area contributed by atoms with Gasteiger partial charge >= 0.3 is 0 Å². The molecule has 1 atom stereocenters. The zero-order valence-electron chi connectivity index (χ0n) is 17.3. The topological polar surface area (TPSA) is 80.2 Å². The lowest BCUT2D eigenvalue weighted by molar-refractivity contribution is -0.130. The van der Waals surface area contributed by atoms with Gasteiger partial charge in [-0.25, -0.2) is 4.99 Å². The second-order valence-corrected chi connectivity index (χ2v) is 7.77. The van der Waals surface area contributed by atoms with Crippen LogP contribution in [0.15, 0.2) is 53.5 Å². The molecule has 1 aliphatic heterocycles. The molecule has 0 bridgehead atoms. The highest BCUT2D eigenvalue weighted by Crippen LogP contribution is 2.32. The summed E-state index contributed by atoms with van der Waals surface area (Å²) in [5.74, 6) is 0.917. The van der Waals surface area contributed by atoms with E-state index in [0.717, 1.165) is 11.3 Å². The van der Waals surface area contributed by atoms with Crippen molar-refractivity contribution in [2.24, 2.45) is 4.99 Å². The molecule has 0 radical (unpaired) electrons. The third kappa shape index (κ3) is 5.13. The molecule has 158 valence electrons. The van der Waals surface area contributed by atoms with Gasteiger partial charge in [0.15, 0.2) is 16.7 Å². The van der Waals surface area contributed by atoms with Gasteiger partial charge in [0.25, 0.3) is 0 Å². The van der Waals surface area contributed by atoms with Crippen molar-refractivity contribution < 1.29 is 19.1 Å². The molecule has 1 heterocycles. The van der Waals surface area contributed by atoms with Crippen LogP contribution < -0.4 is 14.8 Å². The van der Waals surface area contributed by atoms with Crippen molar-refractivity contribution in [3.63, 3.8) is 0 Å². The van der Waals surface area contributed by atoms with E-state index in [1.54, 1.807) is 25.2 Å². The number of amides is 2. The SMILES string of the molecule is CCNC(=O)[C@@H]1CC(=O)N(Cc2ccc(OC)c(OC)c2)C(=Nc2ccccc2)S1. The first-order valence-corrected chi connectivity index (χ1v) is 10.5. The molecule has 3 rings (SSSR count). The number of carbonyl (C=O) groups excluding carboxylic acids is 2. The number of para-hydroxylation sites is 1. The summed E-state index contributed by atoms with van der Waals surface area (Å²) in [5, 5.41) is 2.80. The molecule has 1 fully saturated rings. The molecule has 2 aromatic carbocycles. The molecule has 0 spiro atoms. The van der Waals surface area contributed by atoms with Crippen LogP contribution in [0.2, 0.25) is 0 Å². The average Bonchev–Trinajstić information content (AvgIpc) is 2.76. The molecule has 2 amide bonds. The Morgan fingerprint density at radius 2 is 1.90 bits per heavy atom. The number of amidine groups is 1. The number of thioether (sulfide) groups is 1. The van der Waals surface area contributed by atoms with Crippen molar-refractivity contribution in [1.82, 2.24) is 10.2 Å². The number of hydrogen-bond donors (Lipinski definition) is 1. The zero-order valence-corrected chi connectivity index (χ0v) is 18.1. The largest absolute Gasteiger partial charge is 0.493 e. The maximum absolute atomic E-state index is 13.0. The first kappa shape index (κ1) is 21.7. The number of aliphatic imine (C=N–C) groups is 1. The van der Waals surface area contributed by atoms with Crippen molar-refractivity contribution in [2.45, 2.75) is 25.1 Å². The van der Waals surface area contributed by atoms with Gasteiger partial charge in [-0.1, -0.05) is 36.0 Å². The Hall–Kier alpha value is -3.00. The third-order valence-corrected chi connectivity index (χ3v) is 5.74. The smallest absolute Gasteiger partial charge is 0.234 e. The second-order valence-electron chi connectivity index (χ2n) is 6.60. The fraction of sp³-hybridized carbons (Fsp3) is 0.318. The molecule has 0 aliphatic carbocycles. The summed E-state index contributed by atoms with van der Waals surface area (Å²) < 4.78 is 10.7. The Morgan fingerprint density at radius 1 is 1.17 bits per heavy atom. The van der Waals surface area contributed by atoms with E-state index in [1.165, 1.54) is 11.8 Å². The zero-order chi connectivity index (χ0) is 21.5. The van der Waals surface area contributed by atoms with Crippen LogP contribution in [-0.2, 0) is 16.1 Å². The van der Waals surface area contributed by atoms with Gasteiger partial charge in [0.1, 0.15) is 0 Å². The van der Waals surface area contributed by atoms with Gasteiger partial charge in [-0.2, -0.15) is 0 Å². The monoisotopic (exact) mass is 427 g/mol. The maximum atomic E-state index is 13.0. The lowest BCUT2D eigenvalue weighted by Crippen LogP contribution is -2.46. The number of carbonyl (C=O) groups is 2. The minimum Gasteiger partial charge on any atom is -0.493 e. The van der Waals surface area contributed by atoms with Crippen molar-refractivity contribution in [3.05, 3.63) is 54.1 Å². The van der Waals surface area contributed by atoms with E-state index < -0.39 is 5.25 Å². The van der Waals surface area contributed by atoms with Gasteiger partial charge in [0.05, 0.1) is 31.7 Å². The fourth-order valence-electron chi connectivity index (χ4n) is 3.06. The summed E-state index contributed by atoms with van der Waals surface area (Å²) in [4.78, 5) is 31.6. The van der Waals surface area contributed by atoms with Crippen LogP contribution in [-0.4, -0.2) is 47.9 Å². The standard InChI is InChI=1S/C22H25N3O4S/c1-4-23-21(27)19-13-20(26)25(22(30-19)24-16-8-6-5-7-9-16)14-15-10-11-17(28-2)18(12-15)29-3/h5-12,19H,4,13-14H2,1-3H3,(H,23,27)/t19-/m0/s1. The molecule has 2 aromatic rings. The maximum Gasteiger partial charge on any atom is 0.234 e. The molecular weight excluding hydrogens is 402 g/mol. The van der Waals surface area contributed by atoms with Crippen molar-refractivity contribution >= 4 is 34.4 Å². The van der Waals surface area contributed by atoms with Crippen LogP contribution in [0.5, 0.6) is 11.5 Å². The number of ether oxygens (including phenoxy) is 2. The molecule has 1 N–H and O–H groups in total. The Bertz CT molecular complexity index is 933. The second kappa shape index (κ2) is 10.2. The Morgan fingerprint density at radius 3 is 2.57 bits per heavy atom. The summed E-state index contributed by atoms with van der Waals surface area (Å²) in [7, 11) is 3.15. The van der Waals surface area contributed by atoms with E-state index in [-0.39, 0.29) is 18.2 Å². The normalized spacial score (nSPS) is 17.7. The van der Waals surface area contributed by atoms with Crippen LogP contribution in [0.3, 0.4) is 0 Å². The number of nitrogens with zero attached hydrogens (tertiary/aromatic N) is 2. The fourth-order valence-corrected chi connectivity index (χ4v) is 4.18. The lowest BCUT2D eigenvalue weighted by atomic mass is 10.1. The highest BCUT2D eigenvalue weighted by Gasteiger charge is 2.35. The molecule has 0 unspecified atom stereocenters. The highest BCUT2D eigenvalue weighted by molar-refractivity contribution is 8.15. The van der Waals surface area contributed by atoms with Gasteiger partial charge in [0, 0.05) is 13.0 Å². The van der Waals surface area contributed by atoms with Crippen LogP contribution in [0.4, 0.5) is 5.69 Å². The van der Waals surface area contributed by atoms with Crippen molar-refractivity contribution in [3.8, 4) is 11.5 Å². The van der Waals surface area contributed by atoms with E-state index in [1.807, 2.05) is 49.4 Å². The summed E-state index contributed by atoms with van der Waals surface area (Å²) in [5.41, 5.74) is 1.60. The highest BCUT2D eigenvalue weighted by atomic mass is 32.2. The Balaban J connectivity index is 1.91. The quantitative estimate of drug-likeness (QED) is 0.733. The summed E-state index contributed by atoms with van der Waals surface area (Å²) in [6.07, 6.45) is 0.123. The minimum atomic E-state index is -0.499. The van der Waals surface area contributed by atoms with Crippen LogP contribution in [0.1, 0.15) is 18.9 Å². The summed E-state index contributed by atoms with van der Waals surface area (Å²) in [6.45, 7) is 2.69. The van der Waals surface area contributed by atoms with Crippen LogP contribution in [0.25, 0.3) is 0 Å². The molecule has 7 nitrogen and oxygen atoms in total. The third-order valence-electron chi connectivity index (χ3n) is 4.55. The van der Waals surface area contributed by atoms with E-state index in [9.17, 15) is 9.59 Å². The Labute approximate surface area is 180 Å². The number of hydrogen-bond acceptors (Lipinski definition) is 6. The van der Waals surface area contributed by atoms with E-state index >= 15 is 0 Å². The Kier molecular flexibility index (Phi) is 7.35. The van der Waals surface area contributed by atoms with Gasteiger partial charge < -0.3 is 14.8 Å². The molecule has 0 aromatic heterocycles. The van der Waals surface area contributed by atoms with Crippen molar-refractivity contribution in [2.75, 3.05) is 20.8 Å². The lowest BCUT2D eigenvalue weighted by Gasteiger charge is -2.32. The van der Waals surface area contributed by atoms with Crippen LogP contribution in [0, 0.1) is 0 Å². The first-order valence-electron chi connectivity index (χ1n) is 9.65. The van der Waals surface area contributed by atoms with E-state index in [4.69, 9.17) is 9.47 Å². The number of benzene rings is 2. The predicted octanol–water partition coefficient (Wildman–Crippen LogP) is 3.36. The number of nitrogens with one attached hydrogen (secondary N) is 1.